The molecule has 2 aromatic rings. The number of nitrogens with one attached hydrogen (secondary N) is 1. The van der Waals surface area contributed by atoms with Crippen molar-refractivity contribution < 1.29 is 0 Å². The van der Waals surface area contributed by atoms with Gasteiger partial charge in [-0.15, -0.1) is 0 Å². The zero-order valence-electron chi connectivity index (χ0n) is 12.7. The normalized spacial score (nSPS) is 10.8. The van der Waals surface area contributed by atoms with Crippen molar-refractivity contribution in [3.8, 4) is 0 Å². The molecule has 2 heteroatoms. The molecule has 0 saturated carbocycles. The van der Waals surface area contributed by atoms with E-state index in [0.29, 0.717) is 0 Å². The largest absolute Gasteiger partial charge is 0.381 e. The van der Waals surface area contributed by atoms with Gasteiger partial charge in [-0.1, -0.05) is 43.3 Å². The highest BCUT2D eigenvalue weighted by Crippen LogP contribution is 2.13. The second-order valence-corrected chi connectivity index (χ2v) is 5.46. The van der Waals surface area contributed by atoms with Crippen LogP contribution in [0.3, 0.4) is 0 Å². The summed E-state index contributed by atoms with van der Waals surface area (Å²) in [5, 5.41) is 3.47. The van der Waals surface area contributed by atoms with E-state index in [2.05, 4.69) is 79.8 Å². The van der Waals surface area contributed by atoms with Gasteiger partial charge in [0.15, 0.2) is 0 Å². The molecule has 20 heavy (non-hydrogen) atoms. The minimum Gasteiger partial charge on any atom is -0.381 e. The molecular weight excluding hydrogens is 244 g/mol. The molecule has 0 aliphatic carbocycles. The predicted octanol–water partition coefficient (Wildman–Crippen LogP) is 3.92. The summed E-state index contributed by atoms with van der Waals surface area (Å²) < 4.78 is 0. The monoisotopic (exact) mass is 268 g/mol. The second kappa shape index (κ2) is 7.11. The molecule has 0 bridgehead atoms. The van der Waals surface area contributed by atoms with Crippen LogP contribution in [0.25, 0.3) is 0 Å². The molecule has 1 N–H and O–H groups in total. The fourth-order valence-electron chi connectivity index (χ4n) is 2.19. The van der Waals surface area contributed by atoms with E-state index in [1.54, 1.807) is 0 Å². The number of hydrogen-bond acceptors (Lipinski definition) is 2. The van der Waals surface area contributed by atoms with Gasteiger partial charge in [-0.3, -0.25) is 0 Å². The van der Waals surface area contributed by atoms with Crippen LogP contribution in [0.2, 0.25) is 0 Å². The fraction of sp³-hybridized carbons (Fsp3) is 0.333. The van der Waals surface area contributed by atoms with Crippen LogP contribution < -0.4 is 5.32 Å². The van der Waals surface area contributed by atoms with E-state index < -0.39 is 0 Å². The minimum absolute atomic E-state index is 0.872. The summed E-state index contributed by atoms with van der Waals surface area (Å²) in [6, 6.07) is 17.5. The number of hydrogen-bond donors (Lipinski definition) is 1. The molecule has 0 amide bonds. The Morgan fingerprint density at radius 2 is 1.35 bits per heavy atom. The van der Waals surface area contributed by atoms with Gasteiger partial charge in [0.05, 0.1) is 0 Å². The molecule has 106 valence electrons. The van der Waals surface area contributed by atoms with E-state index in [4.69, 9.17) is 0 Å². The molecular formula is C18H24N2. The van der Waals surface area contributed by atoms with Crippen molar-refractivity contribution in [1.82, 2.24) is 4.90 Å². The summed E-state index contributed by atoms with van der Waals surface area (Å²) in [5.41, 5.74) is 5.22. The first kappa shape index (κ1) is 14.6. The van der Waals surface area contributed by atoms with Crippen molar-refractivity contribution in [3.63, 3.8) is 0 Å². The number of aryl methyl sites for hydroxylation is 1. The summed E-state index contributed by atoms with van der Waals surface area (Å²) in [6.45, 7) is 4.04. The maximum Gasteiger partial charge on any atom is 0.0400 e. The van der Waals surface area contributed by atoms with Gasteiger partial charge in [-0.25, -0.2) is 0 Å². The summed E-state index contributed by atoms with van der Waals surface area (Å²) in [5.74, 6) is 0. The molecule has 0 radical (unpaired) electrons. The molecule has 0 fully saturated rings. The van der Waals surface area contributed by atoms with E-state index in [1.807, 2.05) is 0 Å². The molecule has 0 heterocycles. The molecule has 0 aromatic heterocycles. The summed E-state index contributed by atoms with van der Waals surface area (Å²) in [7, 11) is 4.18. The average Bonchev–Trinajstić information content (AvgIpc) is 2.46. The Bertz CT molecular complexity index is 512. The summed E-state index contributed by atoms with van der Waals surface area (Å²) in [4.78, 5) is 2.18. The van der Waals surface area contributed by atoms with Gasteiger partial charge in [0.25, 0.3) is 0 Å². The zero-order chi connectivity index (χ0) is 14.4. The maximum absolute atomic E-state index is 3.47. The van der Waals surface area contributed by atoms with E-state index >= 15 is 0 Å². The summed E-state index contributed by atoms with van der Waals surface area (Å²) in [6.07, 6.45) is 1.10. The average molecular weight is 268 g/mol. The maximum atomic E-state index is 3.47. The van der Waals surface area contributed by atoms with Gasteiger partial charge in [-0.2, -0.15) is 0 Å². The molecule has 0 aliphatic rings. The van der Waals surface area contributed by atoms with Crippen molar-refractivity contribution in [2.75, 3.05) is 19.4 Å². The highest BCUT2D eigenvalue weighted by Gasteiger charge is 1.97. The lowest BCUT2D eigenvalue weighted by Gasteiger charge is -2.11. The number of rotatable bonds is 6. The Morgan fingerprint density at radius 3 is 1.90 bits per heavy atom. The van der Waals surface area contributed by atoms with Crippen LogP contribution in [0.1, 0.15) is 23.6 Å². The minimum atomic E-state index is 0.872. The van der Waals surface area contributed by atoms with Gasteiger partial charge in [0.1, 0.15) is 0 Å². The van der Waals surface area contributed by atoms with Crippen LogP contribution in [0.5, 0.6) is 0 Å². The standard InChI is InChI=1S/C18H24N2/c1-4-15-5-7-16(8-6-15)13-19-18-11-9-17(10-12-18)14-20(2)3/h5-12,19H,4,13-14H2,1-3H3. The van der Waals surface area contributed by atoms with Gasteiger partial charge in [0, 0.05) is 18.8 Å². The van der Waals surface area contributed by atoms with Gasteiger partial charge in [0.2, 0.25) is 0 Å². The first-order valence-electron chi connectivity index (χ1n) is 7.22. The fourth-order valence-corrected chi connectivity index (χ4v) is 2.19. The van der Waals surface area contributed by atoms with E-state index in [1.165, 1.54) is 22.4 Å². The molecule has 2 aromatic carbocycles. The highest BCUT2D eigenvalue weighted by molar-refractivity contribution is 5.45. The lowest BCUT2D eigenvalue weighted by atomic mass is 10.1. The molecule has 2 rings (SSSR count). The van der Waals surface area contributed by atoms with Crippen molar-refractivity contribution >= 4 is 5.69 Å². The third kappa shape index (κ3) is 4.39. The lowest BCUT2D eigenvalue weighted by molar-refractivity contribution is 0.402. The lowest BCUT2D eigenvalue weighted by Crippen LogP contribution is -2.10. The van der Waals surface area contributed by atoms with Crippen LogP contribution in [0, 0.1) is 0 Å². The summed E-state index contributed by atoms with van der Waals surface area (Å²) >= 11 is 0. The Kier molecular flexibility index (Phi) is 5.19. The molecule has 0 spiro atoms. The molecule has 0 atom stereocenters. The topological polar surface area (TPSA) is 15.3 Å². The van der Waals surface area contributed by atoms with Gasteiger partial charge in [-0.05, 0) is 49.3 Å². The second-order valence-electron chi connectivity index (χ2n) is 5.46. The number of anilines is 1. The Hall–Kier alpha value is -1.80. The molecule has 0 saturated heterocycles. The van der Waals surface area contributed by atoms with Crippen LogP contribution >= 0.6 is 0 Å². The van der Waals surface area contributed by atoms with E-state index in [0.717, 1.165) is 19.5 Å². The molecule has 2 nitrogen and oxygen atoms in total. The predicted molar refractivity (Wildman–Crippen MR) is 87.0 cm³/mol. The Balaban J connectivity index is 1.89. The van der Waals surface area contributed by atoms with Crippen molar-refractivity contribution in [1.29, 1.82) is 0 Å². The third-order valence-corrected chi connectivity index (χ3v) is 3.38. The number of nitrogens with zero attached hydrogens (tertiary/aromatic N) is 1. The SMILES string of the molecule is CCc1ccc(CNc2ccc(CN(C)C)cc2)cc1. The molecule has 0 unspecified atom stereocenters. The zero-order valence-corrected chi connectivity index (χ0v) is 12.7. The first-order chi connectivity index (χ1) is 9.67. The van der Waals surface area contributed by atoms with Crippen LogP contribution in [0.4, 0.5) is 5.69 Å². The van der Waals surface area contributed by atoms with Crippen molar-refractivity contribution in [3.05, 3.63) is 65.2 Å². The smallest absolute Gasteiger partial charge is 0.0400 e. The number of benzene rings is 2. The van der Waals surface area contributed by atoms with Gasteiger partial charge < -0.3 is 10.2 Å². The van der Waals surface area contributed by atoms with E-state index in [9.17, 15) is 0 Å². The third-order valence-electron chi connectivity index (χ3n) is 3.38. The first-order valence-corrected chi connectivity index (χ1v) is 7.22. The van der Waals surface area contributed by atoms with Crippen molar-refractivity contribution in [2.45, 2.75) is 26.4 Å². The van der Waals surface area contributed by atoms with Crippen LogP contribution in [-0.2, 0) is 19.5 Å². The van der Waals surface area contributed by atoms with E-state index in [-0.39, 0.29) is 0 Å². The Labute approximate surface area is 122 Å². The van der Waals surface area contributed by atoms with Crippen LogP contribution in [0.15, 0.2) is 48.5 Å². The quantitative estimate of drug-likeness (QED) is 0.854. The molecule has 0 aliphatic heterocycles. The Morgan fingerprint density at radius 1 is 0.800 bits per heavy atom. The van der Waals surface area contributed by atoms with Crippen LogP contribution in [-0.4, -0.2) is 19.0 Å². The van der Waals surface area contributed by atoms with Gasteiger partial charge >= 0.3 is 0 Å². The van der Waals surface area contributed by atoms with Crippen molar-refractivity contribution in [2.24, 2.45) is 0 Å². The highest BCUT2D eigenvalue weighted by atomic mass is 15.0.